The Labute approximate surface area is 146 Å². The van der Waals surface area contributed by atoms with Gasteiger partial charge in [-0.05, 0) is 37.5 Å². The molecule has 0 radical (unpaired) electrons. The summed E-state index contributed by atoms with van der Waals surface area (Å²) < 4.78 is 0. The molecule has 0 heterocycles. The molecule has 0 spiro atoms. The predicted molar refractivity (Wildman–Crippen MR) is 102 cm³/mol. The van der Waals surface area contributed by atoms with Gasteiger partial charge in [-0.2, -0.15) is 0 Å². The van der Waals surface area contributed by atoms with Crippen molar-refractivity contribution in [3.8, 4) is 0 Å². The molecule has 0 aromatic heterocycles. The van der Waals surface area contributed by atoms with E-state index in [2.05, 4.69) is 48.6 Å². The lowest BCUT2D eigenvalue weighted by molar-refractivity contribution is -0.118. The molecule has 0 aliphatic heterocycles. The highest BCUT2D eigenvalue weighted by Gasteiger charge is 2.09. The number of benzene rings is 1. The minimum atomic E-state index is -0.0222. The summed E-state index contributed by atoms with van der Waals surface area (Å²) in [6.07, 6.45) is 0. The van der Waals surface area contributed by atoms with Crippen molar-refractivity contribution in [1.29, 1.82) is 0 Å². The van der Waals surface area contributed by atoms with Crippen molar-refractivity contribution in [2.75, 3.05) is 11.9 Å². The van der Waals surface area contributed by atoms with E-state index < -0.39 is 0 Å². The maximum atomic E-state index is 11.7. The maximum Gasteiger partial charge on any atom is 0.226 e. The second kappa shape index (κ2) is 9.96. The summed E-state index contributed by atoms with van der Waals surface area (Å²) in [7, 11) is 0. The Kier molecular flexibility index (Phi) is 8.30. The van der Waals surface area contributed by atoms with Crippen molar-refractivity contribution in [1.82, 2.24) is 10.6 Å². The molecule has 1 rings (SSSR count). The van der Waals surface area contributed by atoms with Crippen LogP contribution in [0.1, 0.15) is 47.1 Å². The number of carbonyl (C=O) groups excluding carboxylic acids is 1. The average molecular weight is 332 g/mol. The highest BCUT2D eigenvalue weighted by molar-refractivity contribution is 5.92. The number of nitrogens with one attached hydrogen (secondary N) is 3. The van der Waals surface area contributed by atoms with E-state index in [4.69, 9.17) is 0 Å². The number of hydrogen-bond acceptors (Lipinski definition) is 2. The van der Waals surface area contributed by atoms with Crippen LogP contribution in [0.2, 0.25) is 0 Å². The van der Waals surface area contributed by atoms with E-state index in [1.807, 2.05) is 38.1 Å². The van der Waals surface area contributed by atoms with Crippen molar-refractivity contribution in [3.63, 3.8) is 0 Å². The molecule has 1 unspecified atom stereocenters. The fourth-order valence-electron chi connectivity index (χ4n) is 1.85. The molecule has 0 saturated heterocycles. The van der Waals surface area contributed by atoms with E-state index in [1.54, 1.807) is 0 Å². The largest absolute Gasteiger partial charge is 0.357 e. The topological polar surface area (TPSA) is 65.5 Å². The third kappa shape index (κ3) is 7.02. The SMILES string of the molecule is CCNC(=NCc1ccc(NC(=O)C(C)C)cc1)NC(C)C(C)C. The minimum absolute atomic E-state index is 0.0222. The Morgan fingerprint density at radius 1 is 1.08 bits per heavy atom. The molecule has 134 valence electrons. The molecule has 0 bridgehead atoms. The molecule has 1 amide bonds. The molecule has 0 fully saturated rings. The number of amides is 1. The summed E-state index contributed by atoms with van der Waals surface area (Å²) in [6.45, 7) is 13.8. The van der Waals surface area contributed by atoms with Crippen LogP contribution in [0.3, 0.4) is 0 Å². The minimum Gasteiger partial charge on any atom is -0.357 e. The van der Waals surface area contributed by atoms with E-state index in [1.165, 1.54) is 0 Å². The van der Waals surface area contributed by atoms with Gasteiger partial charge in [0.1, 0.15) is 0 Å². The van der Waals surface area contributed by atoms with Crippen molar-refractivity contribution >= 4 is 17.6 Å². The van der Waals surface area contributed by atoms with Gasteiger partial charge in [-0.25, -0.2) is 4.99 Å². The number of guanidine groups is 1. The maximum absolute atomic E-state index is 11.7. The molecule has 3 N–H and O–H groups in total. The monoisotopic (exact) mass is 332 g/mol. The predicted octanol–water partition coefficient (Wildman–Crippen LogP) is 3.38. The molecule has 0 aliphatic rings. The van der Waals surface area contributed by atoms with Crippen LogP contribution in [0.25, 0.3) is 0 Å². The Hall–Kier alpha value is -2.04. The number of nitrogens with zero attached hydrogens (tertiary/aromatic N) is 1. The van der Waals surface area contributed by atoms with Gasteiger partial charge in [-0.15, -0.1) is 0 Å². The molecule has 0 aliphatic carbocycles. The Morgan fingerprint density at radius 2 is 1.71 bits per heavy atom. The Bertz CT molecular complexity index is 535. The standard InChI is InChI=1S/C19H32N4O/c1-7-20-19(22-15(6)13(2)3)21-12-16-8-10-17(11-9-16)23-18(24)14(4)5/h8-11,13-15H,7,12H2,1-6H3,(H,23,24)(H2,20,21,22). The second-order valence-corrected chi connectivity index (χ2v) is 6.71. The number of hydrogen-bond donors (Lipinski definition) is 3. The summed E-state index contributed by atoms with van der Waals surface area (Å²) in [5, 5.41) is 9.58. The summed E-state index contributed by atoms with van der Waals surface area (Å²) in [5.74, 6) is 1.38. The highest BCUT2D eigenvalue weighted by Crippen LogP contribution is 2.11. The zero-order valence-electron chi connectivity index (χ0n) is 15.8. The van der Waals surface area contributed by atoms with Crippen LogP contribution in [0, 0.1) is 11.8 Å². The molecule has 1 atom stereocenters. The quantitative estimate of drug-likeness (QED) is 0.530. The summed E-state index contributed by atoms with van der Waals surface area (Å²) in [6, 6.07) is 8.19. The normalized spacial score (nSPS) is 13.1. The summed E-state index contributed by atoms with van der Waals surface area (Å²) in [5.41, 5.74) is 1.92. The molecular formula is C19H32N4O. The first kappa shape index (κ1) is 20.0. The van der Waals surface area contributed by atoms with Gasteiger partial charge < -0.3 is 16.0 Å². The molecular weight excluding hydrogens is 300 g/mol. The van der Waals surface area contributed by atoms with Gasteiger partial charge in [0, 0.05) is 24.2 Å². The van der Waals surface area contributed by atoms with E-state index >= 15 is 0 Å². The molecule has 5 nitrogen and oxygen atoms in total. The van der Waals surface area contributed by atoms with E-state index in [0.717, 1.165) is 23.8 Å². The summed E-state index contributed by atoms with van der Waals surface area (Å²) in [4.78, 5) is 16.3. The lowest BCUT2D eigenvalue weighted by Gasteiger charge is -2.20. The Balaban J connectivity index is 2.67. The van der Waals surface area contributed by atoms with Crippen LogP contribution >= 0.6 is 0 Å². The van der Waals surface area contributed by atoms with Gasteiger partial charge in [0.15, 0.2) is 5.96 Å². The Morgan fingerprint density at radius 3 is 2.21 bits per heavy atom. The first-order valence-corrected chi connectivity index (χ1v) is 8.78. The lowest BCUT2D eigenvalue weighted by atomic mass is 10.1. The number of rotatable bonds is 7. The van der Waals surface area contributed by atoms with Gasteiger partial charge in [-0.1, -0.05) is 39.8 Å². The van der Waals surface area contributed by atoms with Crippen molar-refractivity contribution < 1.29 is 4.79 Å². The van der Waals surface area contributed by atoms with Crippen LogP contribution in [0.15, 0.2) is 29.3 Å². The van der Waals surface area contributed by atoms with Crippen LogP contribution in [-0.4, -0.2) is 24.5 Å². The number of carbonyl (C=O) groups is 1. The summed E-state index contributed by atoms with van der Waals surface area (Å²) >= 11 is 0. The third-order valence-electron chi connectivity index (χ3n) is 3.87. The number of aliphatic imine (C=N–C) groups is 1. The smallest absolute Gasteiger partial charge is 0.226 e. The van der Waals surface area contributed by atoms with Crippen LogP contribution in [0.4, 0.5) is 5.69 Å². The fraction of sp³-hybridized carbons (Fsp3) is 0.579. The zero-order valence-corrected chi connectivity index (χ0v) is 15.8. The second-order valence-electron chi connectivity index (χ2n) is 6.71. The number of anilines is 1. The third-order valence-corrected chi connectivity index (χ3v) is 3.87. The van der Waals surface area contributed by atoms with Crippen molar-refractivity contribution in [2.24, 2.45) is 16.8 Å². The van der Waals surface area contributed by atoms with E-state index in [0.29, 0.717) is 18.5 Å². The molecule has 24 heavy (non-hydrogen) atoms. The average Bonchev–Trinajstić information content (AvgIpc) is 2.53. The molecule has 1 aromatic rings. The molecule has 0 saturated carbocycles. The van der Waals surface area contributed by atoms with Crippen molar-refractivity contribution in [2.45, 2.75) is 54.1 Å². The van der Waals surface area contributed by atoms with Gasteiger partial charge in [0.2, 0.25) is 5.91 Å². The highest BCUT2D eigenvalue weighted by atomic mass is 16.1. The van der Waals surface area contributed by atoms with E-state index in [-0.39, 0.29) is 11.8 Å². The first-order chi connectivity index (χ1) is 11.3. The van der Waals surface area contributed by atoms with Crippen LogP contribution < -0.4 is 16.0 Å². The molecule has 1 aromatic carbocycles. The molecule has 5 heteroatoms. The fourth-order valence-corrected chi connectivity index (χ4v) is 1.85. The van der Waals surface area contributed by atoms with Gasteiger partial charge in [-0.3, -0.25) is 4.79 Å². The van der Waals surface area contributed by atoms with Crippen LogP contribution in [-0.2, 0) is 11.3 Å². The van der Waals surface area contributed by atoms with Gasteiger partial charge in [0.25, 0.3) is 0 Å². The van der Waals surface area contributed by atoms with Gasteiger partial charge >= 0.3 is 0 Å². The lowest BCUT2D eigenvalue weighted by Crippen LogP contribution is -2.44. The van der Waals surface area contributed by atoms with E-state index in [9.17, 15) is 4.79 Å². The van der Waals surface area contributed by atoms with Gasteiger partial charge in [0.05, 0.1) is 6.54 Å². The zero-order chi connectivity index (χ0) is 18.1. The van der Waals surface area contributed by atoms with Crippen LogP contribution in [0.5, 0.6) is 0 Å². The van der Waals surface area contributed by atoms with Crippen molar-refractivity contribution in [3.05, 3.63) is 29.8 Å². The first-order valence-electron chi connectivity index (χ1n) is 8.78.